The second-order valence-electron chi connectivity index (χ2n) is 6.91. The fourth-order valence-corrected chi connectivity index (χ4v) is 4.24. The molecule has 0 fully saturated rings. The number of carbonyl (C=O) groups is 1. The van der Waals surface area contributed by atoms with E-state index < -0.39 is 0 Å². The van der Waals surface area contributed by atoms with Gasteiger partial charge in [0, 0.05) is 12.0 Å². The van der Waals surface area contributed by atoms with Crippen LogP contribution in [0.5, 0.6) is 11.5 Å². The fraction of sp³-hybridized carbons (Fsp3) is 0.200. The second-order valence-corrected chi connectivity index (χ2v) is 7.94. The van der Waals surface area contributed by atoms with Gasteiger partial charge in [0.15, 0.2) is 11.5 Å². The highest BCUT2D eigenvalue weighted by Crippen LogP contribution is 2.34. The summed E-state index contributed by atoms with van der Waals surface area (Å²) in [6, 6.07) is 23.4. The van der Waals surface area contributed by atoms with Gasteiger partial charge < -0.3 is 14.8 Å². The maximum atomic E-state index is 12.5. The largest absolute Gasteiger partial charge is 0.490 e. The molecule has 0 radical (unpaired) electrons. The molecular weight excluding hydrogens is 408 g/mol. The standard InChI is InChI=1S/C25H24N2O3S/c1-2-29-21-13-6-7-14-22(21)30-17-9-16-24(28)26-19-11-4-3-10-18(19)25-27-20-12-5-8-15-23(20)31-25/h3-8,10-15H,2,9,16-17H2,1H3,(H,26,28). The van der Waals surface area contributed by atoms with E-state index in [2.05, 4.69) is 11.4 Å². The normalized spacial score (nSPS) is 10.7. The van der Waals surface area contributed by atoms with Gasteiger partial charge in [-0.25, -0.2) is 4.98 Å². The summed E-state index contributed by atoms with van der Waals surface area (Å²) in [7, 11) is 0. The van der Waals surface area contributed by atoms with E-state index in [1.807, 2.05) is 73.7 Å². The molecule has 0 saturated heterocycles. The van der Waals surface area contributed by atoms with Gasteiger partial charge in [0.05, 0.1) is 29.1 Å². The molecule has 4 aromatic rings. The van der Waals surface area contributed by atoms with Crippen molar-refractivity contribution in [2.24, 2.45) is 0 Å². The molecule has 0 spiro atoms. The molecule has 0 bridgehead atoms. The van der Waals surface area contributed by atoms with Crippen LogP contribution >= 0.6 is 11.3 Å². The first kappa shape index (κ1) is 20.9. The summed E-state index contributed by atoms with van der Waals surface area (Å²) >= 11 is 1.62. The third kappa shape index (κ3) is 5.22. The molecule has 0 aliphatic carbocycles. The van der Waals surface area contributed by atoms with Gasteiger partial charge in [-0.2, -0.15) is 0 Å². The predicted octanol–water partition coefficient (Wildman–Crippen LogP) is 6.16. The molecule has 3 aromatic carbocycles. The van der Waals surface area contributed by atoms with Crippen LogP contribution in [0.3, 0.4) is 0 Å². The highest BCUT2D eigenvalue weighted by atomic mass is 32.1. The number of carbonyl (C=O) groups excluding carboxylic acids is 1. The van der Waals surface area contributed by atoms with Crippen molar-refractivity contribution in [3.05, 3.63) is 72.8 Å². The van der Waals surface area contributed by atoms with E-state index in [0.29, 0.717) is 31.8 Å². The number of benzene rings is 3. The smallest absolute Gasteiger partial charge is 0.224 e. The van der Waals surface area contributed by atoms with Crippen molar-refractivity contribution in [3.8, 4) is 22.1 Å². The number of ether oxygens (including phenoxy) is 2. The van der Waals surface area contributed by atoms with E-state index in [1.54, 1.807) is 11.3 Å². The molecule has 158 valence electrons. The lowest BCUT2D eigenvalue weighted by atomic mass is 10.1. The SMILES string of the molecule is CCOc1ccccc1OCCCC(=O)Nc1ccccc1-c1nc2ccccc2s1. The molecule has 1 amide bonds. The Labute approximate surface area is 185 Å². The number of aromatic nitrogens is 1. The van der Waals surface area contributed by atoms with Gasteiger partial charge in [-0.1, -0.05) is 36.4 Å². The minimum atomic E-state index is -0.0461. The van der Waals surface area contributed by atoms with Crippen LogP contribution in [0.15, 0.2) is 72.8 Å². The average molecular weight is 433 g/mol. The molecule has 4 rings (SSSR count). The minimum absolute atomic E-state index is 0.0461. The highest BCUT2D eigenvalue weighted by molar-refractivity contribution is 7.21. The molecule has 0 unspecified atom stereocenters. The first-order valence-electron chi connectivity index (χ1n) is 10.3. The number of hydrogen-bond acceptors (Lipinski definition) is 5. The summed E-state index contributed by atoms with van der Waals surface area (Å²) in [6.45, 7) is 2.96. The predicted molar refractivity (Wildman–Crippen MR) is 126 cm³/mol. The molecule has 0 saturated carbocycles. The first-order chi connectivity index (χ1) is 15.2. The van der Waals surface area contributed by atoms with Crippen molar-refractivity contribution in [1.82, 2.24) is 4.98 Å². The van der Waals surface area contributed by atoms with Crippen LogP contribution in [0, 0.1) is 0 Å². The molecule has 0 aliphatic rings. The number of nitrogens with one attached hydrogen (secondary N) is 1. The molecular formula is C25H24N2O3S. The number of para-hydroxylation sites is 4. The Morgan fingerprint density at radius 1 is 0.935 bits per heavy atom. The van der Waals surface area contributed by atoms with Crippen LogP contribution in [-0.2, 0) is 4.79 Å². The van der Waals surface area contributed by atoms with E-state index in [4.69, 9.17) is 14.5 Å². The summed E-state index contributed by atoms with van der Waals surface area (Å²) in [5.41, 5.74) is 2.67. The summed E-state index contributed by atoms with van der Waals surface area (Å²) in [6.07, 6.45) is 0.973. The van der Waals surface area contributed by atoms with E-state index in [1.165, 1.54) is 0 Å². The molecule has 0 atom stereocenters. The number of rotatable bonds is 9. The first-order valence-corrected chi connectivity index (χ1v) is 11.2. The zero-order valence-electron chi connectivity index (χ0n) is 17.3. The summed E-state index contributed by atoms with van der Waals surface area (Å²) in [5.74, 6) is 1.38. The monoisotopic (exact) mass is 432 g/mol. The average Bonchev–Trinajstić information content (AvgIpc) is 3.22. The van der Waals surface area contributed by atoms with Gasteiger partial charge in [-0.3, -0.25) is 4.79 Å². The quantitative estimate of drug-likeness (QED) is 0.322. The van der Waals surface area contributed by atoms with Gasteiger partial charge in [0.25, 0.3) is 0 Å². The molecule has 6 heteroatoms. The third-order valence-corrected chi connectivity index (χ3v) is 5.75. The highest BCUT2D eigenvalue weighted by Gasteiger charge is 2.12. The lowest BCUT2D eigenvalue weighted by molar-refractivity contribution is -0.116. The van der Waals surface area contributed by atoms with Crippen molar-refractivity contribution in [3.63, 3.8) is 0 Å². The van der Waals surface area contributed by atoms with Crippen molar-refractivity contribution < 1.29 is 14.3 Å². The molecule has 1 N–H and O–H groups in total. The second kappa shape index (κ2) is 10.1. The van der Waals surface area contributed by atoms with Gasteiger partial charge in [-0.15, -0.1) is 11.3 Å². The number of nitrogens with zero attached hydrogens (tertiary/aromatic N) is 1. The van der Waals surface area contributed by atoms with Crippen molar-refractivity contribution in [1.29, 1.82) is 0 Å². The third-order valence-electron chi connectivity index (χ3n) is 4.68. The van der Waals surface area contributed by atoms with Crippen molar-refractivity contribution in [2.45, 2.75) is 19.8 Å². The number of hydrogen-bond donors (Lipinski definition) is 1. The summed E-state index contributed by atoms with van der Waals surface area (Å²) < 4.78 is 12.5. The van der Waals surface area contributed by atoms with Crippen LogP contribution in [-0.4, -0.2) is 24.1 Å². The number of fused-ring (bicyclic) bond motifs is 1. The molecule has 0 aliphatic heterocycles. The summed E-state index contributed by atoms with van der Waals surface area (Å²) in [4.78, 5) is 17.3. The molecule has 5 nitrogen and oxygen atoms in total. The van der Waals surface area contributed by atoms with Gasteiger partial charge in [-0.05, 0) is 49.7 Å². The van der Waals surface area contributed by atoms with Gasteiger partial charge >= 0.3 is 0 Å². The van der Waals surface area contributed by atoms with Crippen molar-refractivity contribution in [2.75, 3.05) is 18.5 Å². The Morgan fingerprint density at radius 3 is 2.45 bits per heavy atom. The van der Waals surface area contributed by atoms with Crippen LogP contribution in [0.1, 0.15) is 19.8 Å². The summed E-state index contributed by atoms with van der Waals surface area (Å²) in [5, 5.41) is 3.93. The Bertz CT molecular complexity index is 1140. The number of anilines is 1. The van der Waals surface area contributed by atoms with Gasteiger partial charge in [0.2, 0.25) is 5.91 Å². The van der Waals surface area contributed by atoms with E-state index in [9.17, 15) is 4.79 Å². The minimum Gasteiger partial charge on any atom is -0.490 e. The van der Waals surface area contributed by atoms with Gasteiger partial charge in [0.1, 0.15) is 5.01 Å². The lowest BCUT2D eigenvalue weighted by Gasteiger charge is -2.12. The number of thiazole rings is 1. The van der Waals surface area contributed by atoms with Crippen LogP contribution < -0.4 is 14.8 Å². The van der Waals surface area contributed by atoms with E-state index in [-0.39, 0.29) is 5.91 Å². The fourth-order valence-electron chi connectivity index (χ4n) is 3.24. The van der Waals surface area contributed by atoms with Crippen LogP contribution in [0.4, 0.5) is 5.69 Å². The molecule has 1 aromatic heterocycles. The zero-order valence-corrected chi connectivity index (χ0v) is 18.2. The molecule has 31 heavy (non-hydrogen) atoms. The Hall–Kier alpha value is -3.38. The maximum absolute atomic E-state index is 12.5. The Kier molecular flexibility index (Phi) is 6.79. The Balaban J connectivity index is 1.35. The van der Waals surface area contributed by atoms with Crippen LogP contribution in [0.25, 0.3) is 20.8 Å². The zero-order chi connectivity index (χ0) is 21.5. The lowest BCUT2D eigenvalue weighted by Crippen LogP contribution is -2.13. The van der Waals surface area contributed by atoms with Crippen molar-refractivity contribution >= 4 is 33.1 Å². The molecule has 1 heterocycles. The maximum Gasteiger partial charge on any atom is 0.224 e. The number of amides is 1. The Morgan fingerprint density at radius 2 is 1.65 bits per heavy atom. The topological polar surface area (TPSA) is 60.5 Å². The van der Waals surface area contributed by atoms with E-state index >= 15 is 0 Å². The van der Waals surface area contributed by atoms with E-state index in [0.717, 1.165) is 32.2 Å². The van der Waals surface area contributed by atoms with Crippen LogP contribution in [0.2, 0.25) is 0 Å².